The van der Waals surface area contributed by atoms with Crippen molar-refractivity contribution in [1.29, 1.82) is 0 Å². The summed E-state index contributed by atoms with van der Waals surface area (Å²) >= 11 is 0. The maximum absolute atomic E-state index is 12.0. The van der Waals surface area contributed by atoms with Crippen LogP contribution in [0.2, 0.25) is 0 Å². The second-order valence-electron chi connectivity index (χ2n) is 4.57. The highest BCUT2D eigenvalue weighted by atomic mass is 32.2. The standard InChI is InChI=1S/C13H13NO2S/c1-8-6-9(2)10-4-3-5-12-13(10)11(7-8)14-17(12,15)16/h3-8,14H,1-2H3. The molecule has 0 saturated carbocycles. The molecule has 1 N–H and O–H groups in total. The number of hydrogen-bond donors (Lipinski definition) is 1. The van der Waals surface area contributed by atoms with Crippen molar-refractivity contribution in [2.45, 2.75) is 18.7 Å². The first-order valence-electron chi connectivity index (χ1n) is 5.56. The molecule has 88 valence electrons. The van der Waals surface area contributed by atoms with Crippen molar-refractivity contribution in [3.05, 3.63) is 41.5 Å². The zero-order chi connectivity index (χ0) is 12.2. The molecular weight excluding hydrogens is 234 g/mol. The number of rotatable bonds is 0. The van der Waals surface area contributed by atoms with Crippen molar-refractivity contribution >= 4 is 21.3 Å². The molecule has 0 spiro atoms. The van der Waals surface area contributed by atoms with E-state index in [1.165, 1.54) is 0 Å². The summed E-state index contributed by atoms with van der Waals surface area (Å²) in [6.45, 7) is 4.07. The summed E-state index contributed by atoms with van der Waals surface area (Å²) < 4.78 is 26.5. The lowest BCUT2D eigenvalue weighted by molar-refractivity contribution is 0.594. The van der Waals surface area contributed by atoms with Gasteiger partial charge < -0.3 is 0 Å². The van der Waals surface area contributed by atoms with Gasteiger partial charge in [0, 0.05) is 5.56 Å². The second kappa shape index (κ2) is 3.23. The van der Waals surface area contributed by atoms with E-state index in [4.69, 9.17) is 0 Å². The summed E-state index contributed by atoms with van der Waals surface area (Å²) in [4.78, 5) is 0.392. The monoisotopic (exact) mass is 247 g/mol. The highest BCUT2D eigenvalue weighted by Crippen LogP contribution is 2.38. The van der Waals surface area contributed by atoms with Crippen LogP contribution < -0.4 is 4.72 Å². The quantitative estimate of drug-likeness (QED) is 0.765. The van der Waals surface area contributed by atoms with Gasteiger partial charge in [0.1, 0.15) is 0 Å². The topological polar surface area (TPSA) is 46.2 Å². The van der Waals surface area contributed by atoms with Gasteiger partial charge in [-0.25, -0.2) is 8.42 Å². The second-order valence-corrected chi connectivity index (χ2v) is 6.22. The third-order valence-electron chi connectivity index (χ3n) is 3.20. The van der Waals surface area contributed by atoms with Crippen molar-refractivity contribution in [2.75, 3.05) is 0 Å². The summed E-state index contributed by atoms with van der Waals surface area (Å²) in [7, 11) is -3.36. The van der Waals surface area contributed by atoms with E-state index in [9.17, 15) is 8.42 Å². The Hall–Kier alpha value is -1.55. The summed E-state index contributed by atoms with van der Waals surface area (Å²) in [6.07, 6.45) is 4.11. The molecule has 1 aliphatic heterocycles. The number of benzene rings is 1. The van der Waals surface area contributed by atoms with Crippen LogP contribution in [0.5, 0.6) is 0 Å². The fourth-order valence-corrected chi connectivity index (χ4v) is 3.84. The average molecular weight is 247 g/mol. The van der Waals surface area contributed by atoms with Crippen LogP contribution in [-0.4, -0.2) is 8.42 Å². The van der Waals surface area contributed by atoms with Crippen LogP contribution in [0.3, 0.4) is 0 Å². The van der Waals surface area contributed by atoms with Crippen LogP contribution in [0.1, 0.15) is 25.0 Å². The summed E-state index contributed by atoms with van der Waals surface area (Å²) in [6, 6.07) is 5.42. The predicted molar refractivity (Wildman–Crippen MR) is 67.6 cm³/mol. The molecule has 3 nitrogen and oxygen atoms in total. The minimum Gasteiger partial charge on any atom is -0.279 e. The van der Waals surface area contributed by atoms with E-state index in [1.54, 1.807) is 12.1 Å². The third kappa shape index (κ3) is 1.44. The Kier molecular flexibility index (Phi) is 2.01. The number of hydrogen-bond acceptors (Lipinski definition) is 2. The minimum atomic E-state index is -3.36. The fraction of sp³-hybridized carbons (Fsp3) is 0.231. The molecule has 4 heteroatoms. The first kappa shape index (κ1) is 10.6. The molecule has 0 saturated heterocycles. The Morgan fingerprint density at radius 1 is 1.24 bits per heavy atom. The fourth-order valence-electron chi connectivity index (χ4n) is 2.52. The first-order chi connectivity index (χ1) is 7.99. The van der Waals surface area contributed by atoms with Gasteiger partial charge >= 0.3 is 0 Å². The van der Waals surface area contributed by atoms with E-state index >= 15 is 0 Å². The van der Waals surface area contributed by atoms with Gasteiger partial charge in [0.05, 0.1) is 10.6 Å². The molecule has 0 amide bonds. The molecule has 1 aromatic rings. The van der Waals surface area contributed by atoms with E-state index in [0.29, 0.717) is 4.90 Å². The lowest BCUT2D eigenvalue weighted by Gasteiger charge is -2.05. The van der Waals surface area contributed by atoms with E-state index in [-0.39, 0.29) is 5.92 Å². The van der Waals surface area contributed by atoms with Crippen molar-refractivity contribution in [3.63, 3.8) is 0 Å². The average Bonchev–Trinajstić information content (AvgIpc) is 2.43. The largest absolute Gasteiger partial charge is 0.279 e. The molecule has 1 atom stereocenters. The van der Waals surface area contributed by atoms with Gasteiger partial charge in [-0.05, 0) is 30.0 Å². The molecule has 1 heterocycles. The van der Waals surface area contributed by atoms with Gasteiger partial charge in [0.25, 0.3) is 10.0 Å². The van der Waals surface area contributed by atoms with Crippen LogP contribution in [0, 0.1) is 5.92 Å². The van der Waals surface area contributed by atoms with Crippen LogP contribution >= 0.6 is 0 Å². The van der Waals surface area contributed by atoms with Crippen LogP contribution in [0.25, 0.3) is 11.3 Å². The maximum atomic E-state index is 12.0. The van der Waals surface area contributed by atoms with Crippen LogP contribution in [-0.2, 0) is 10.0 Å². The Morgan fingerprint density at radius 3 is 2.76 bits per heavy atom. The normalized spacial score (nSPS) is 24.2. The molecule has 0 radical (unpaired) electrons. The lowest BCUT2D eigenvalue weighted by atomic mass is 10.00. The van der Waals surface area contributed by atoms with E-state index in [1.807, 2.05) is 19.1 Å². The van der Waals surface area contributed by atoms with E-state index in [2.05, 4.69) is 17.7 Å². The zero-order valence-electron chi connectivity index (χ0n) is 9.69. The predicted octanol–water partition coefficient (Wildman–Crippen LogP) is 2.37. The smallest absolute Gasteiger partial charge is 0.262 e. The third-order valence-corrected chi connectivity index (χ3v) is 4.60. The Bertz CT molecular complexity index is 669. The van der Waals surface area contributed by atoms with Crippen LogP contribution in [0.4, 0.5) is 0 Å². The zero-order valence-corrected chi connectivity index (χ0v) is 10.5. The molecule has 0 fully saturated rings. The molecule has 3 rings (SSSR count). The summed E-state index contributed by atoms with van der Waals surface area (Å²) in [5, 5.41) is 0. The van der Waals surface area contributed by atoms with Crippen molar-refractivity contribution in [3.8, 4) is 0 Å². The highest BCUT2D eigenvalue weighted by Gasteiger charge is 2.32. The number of sulfonamides is 1. The van der Waals surface area contributed by atoms with Gasteiger partial charge in [0.15, 0.2) is 0 Å². The van der Waals surface area contributed by atoms with Crippen molar-refractivity contribution < 1.29 is 8.42 Å². The molecule has 0 aromatic heterocycles. The highest BCUT2D eigenvalue weighted by molar-refractivity contribution is 7.90. The van der Waals surface area contributed by atoms with Crippen molar-refractivity contribution in [2.24, 2.45) is 5.92 Å². The molecule has 1 aromatic carbocycles. The molecular formula is C13H13NO2S. The molecule has 1 aliphatic carbocycles. The van der Waals surface area contributed by atoms with E-state index < -0.39 is 10.0 Å². The van der Waals surface area contributed by atoms with Gasteiger partial charge in [0.2, 0.25) is 0 Å². The van der Waals surface area contributed by atoms with E-state index in [0.717, 1.165) is 22.4 Å². The van der Waals surface area contributed by atoms with Crippen LogP contribution in [0.15, 0.2) is 35.2 Å². The summed E-state index contributed by atoms with van der Waals surface area (Å²) in [5.41, 5.74) is 3.67. The molecule has 17 heavy (non-hydrogen) atoms. The molecule has 2 aliphatic rings. The lowest BCUT2D eigenvalue weighted by Crippen LogP contribution is -2.13. The SMILES string of the molecule is CC1=CC(C)C=C2NS(=O)(=O)c3cccc1c32. The first-order valence-corrected chi connectivity index (χ1v) is 7.04. The Morgan fingerprint density at radius 2 is 2.00 bits per heavy atom. The van der Waals surface area contributed by atoms with Gasteiger partial charge in [-0.2, -0.15) is 0 Å². The van der Waals surface area contributed by atoms with Crippen molar-refractivity contribution in [1.82, 2.24) is 4.72 Å². The number of allylic oxidation sites excluding steroid dienone is 3. The molecule has 0 bridgehead atoms. The summed E-state index contributed by atoms with van der Waals surface area (Å²) in [5.74, 6) is 0.228. The maximum Gasteiger partial charge on any atom is 0.262 e. The Balaban J connectivity index is 2.44. The minimum absolute atomic E-state index is 0.228. The van der Waals surface area contributed by atoms with Gasteiger partial charge in [-0.3, -0.25) is 4.72 Å². The van der Waals surface area contributed by atoms with Gasteiger partial charge in [-0.15, -0.1) is 0 Å². The van der Waals surface area contributed by atoms with Gasteiger partial charge in [-0.1, -0.05) is 31.2 Å². The molecule has 1 unspecified atom stereocenters. The number of nitrogens with one attached hydrogen (secondary N) is 1. The Labute approximate surface area is 101 Å².